The van der Waals surface area contributed by atoms with Crippen molar-refractivity contribution in [3.05, 3.63) is 67.0 Å². The van der Waals surface area contributed by atoms with Crippen LogP contribution in [0.15, 0.2) is 41.4 Å². The SMILES string of the molecule is CCOCCn1c(=NC(=O)c2cc([N+](=O)[O-])cc([N+](=O)[O-])c2)sc2cc(NC(C)=O)ccc21. The second-order valence-corrected chi connectivity index (χ2v) is 7.78. The Kier molecular flexibility index (Phi) is 7.25. The van der Waals surface area contributed by atoms with Crippen molar-refractivity contribution in [3.63, 3.8) is 0 Å². The third kappa shape index (κ3) is 5.64. The fourth-order valence-corrected chi connectivity index (χ4v) is 4.13. The third-order valence-electron chi connectivity index (χ3n) is 4.43. The molecule has 0 unspecified atom stereocenters. The number of rotatable bonds is 8. The average Bonchev–Trinajstić information content (AvgIpc) is 3.09. The number of ether oxygens (including phenoxy) is 1. The van der Waals surface area contributed by atoms with E-state index in [1.165, 1.54) is 18.3 Å². The summed E-state index contributed by atoms with van der Waals surface area (Å²) in [5.74, 6) is -1.09. The summed E-state index contributed by atoms with van der Waals surface area (Å²) in [6.07, 6.45) is 0. The van der Waals surface area contributed by atoms with Gasteiger partial charge in [-0.25, -0.2) is 0 Å². The van der Waals surface area contributed by atoms with Crippen LogP contribution >= 0.6 is 11.3 Å². The van der Waals surface area contributed by atoms with Crippen LogP contribution in [0.1, 0.15) is 24.2 Å². The van der Waals surface area contributed by atoms with Crippen molar-refractivity contribution in [2.24, 2.45) is 4.99 Å². The van der Waals surface area contributed by atoms with Gasteiger partial charge in [-0.2, -0.15) is 4.99 Å². The zero-order chi connectivity index (χ0) is 24.1. The van der Waals surface area contributed by atoms with Crippen LogP contribution in [0.2, 0.25) is 0 Å². The van der Waals surface area contributed by atoms with E-state index in [4.69, 9.17) is 4.74 Å². The summed E-state index contributed by atoms with van der Waals surface area (Å²) in [6.45, 7) is 4.45. The van der Waals surface area contributed by atoms with Crippen LogP contribution < -0.4 is 10.1 Å². The van der Waals surface area contributed by atoms with Gasteiger partial charge in [0.05, 0.1) is 38.3 Å². The van der Waals surface area contributed by atoms with Gasteiger partial charge >= 0.3 is 0 Å². The first kappa shape index (κ1) is 23.7. The standard InChI is InChI=1S/C20H19N5O7S/c1-3-32-7-6-23-17-5-4-14(21-12(2)26)10-18(17)33-20(23)22-19(27)13-8-15(24(28)29)11-16(9-13)25(30)31/h4-5,8-11H,3,6-7H2,1-2H3,(H,21,26). The first-order chi connectivity index (χ1) is 15.7. The van der Waals surface area contributed by atoms with E-state index in [1.54, 1.807) is 22.8 Å². The van der Waals surface area contributed by atoms with Gasteiger partial charge in [-0.3, -0.25) is 29.8 Å². The lowest BCUT2D eigenvalue weighted by Gasteiger charge is -2.06. The Morgan fingerprint density at radius 2 is 1.79 bits per heavy atom. The van der Waals surface area contributed by atoms with Gasteiger partial charge in [0, 0.05) is 37.9 Å². The van der Waals surface area contributed by atoms with Crippen LogP contribution in [-0.4, -0.2) is 39.4 Å². The fraction of sp³-hybridized carbons (Fsp3) is 0.250. The van der Waals surface area contributed by atoms with Crippen molar-refractivity contribution in [2.75, 3.05) is 18.5 Å². The van der Waals surface area contributed by atoms with E-state index in [0.717, 1.165) is 28.4 Å². The molecule has 0 spiro atoms. The highest BCUT2D eigenvalue weighted by molar-refractivity contribution is 7.16. The average molecular weight is 473 g/mol. The number of benzene rings is 2. The number of thiazole rings is 1. The minimum atomic E-state index is -0.861. The highest BCUT2D eigenvalue weighted by Crippen LogP contribution is 2.24. The third-order valence-corrected chi connectivity index (χ3v) is 5.48. The van der Waals surface area contributed by atoms with E-state index in [0.29, 0.717) is 25.4 Å². The first-order valence-electron chi connectivity index (χ1n) is 9.71. The highest BCUT2D eigenvalue weighted by atomic mass is 32.1. The number of anilines is 1. The monoisotopic (exact) mass is 473 g/mol. The minimum Gasteiger partial charge on any atom is -0.380 e. The molecule has 2 aromatic carbocycles. The van der Waals surface area contributed by atoms with E-state index in [2.05, 4.69) is 10.3 Å². The van der Waals surface area contributed by atoms with Crippen molar-refractivity contribution in [3.8, 4) is 0 Å². The number of hydrogen-bond acceptors (Lipinski definition) is 8. The molecule has 0 aliphatic carbocycles. The predicted molar refractivity (Wildman–Crippen MR) is 120 cm³/mol. The molecule has 0 saturated heterocycles. The topological polar surface area (TPSA) is 159 Å². The number of hydrogen-bond donors (Lipinski definition) is 1. The number of nitro groups is 2. The molecule has 0 aliphatic heterocycles. The van der Waals surface area contributed by atoms with Crippen molar-refractivity contribution in [1.29, 1.82) is 0 Å². The van der Waals surface area contributed by atoms with Crippen molar-refractivity contribution in [2.45, 2.75) is 20.4 Å². The summed E-state index contributed by atoms with van der Waals surface area (Å²) < 4.78 is 7.89. The number of fused-ring (bicyclic) bond motifs is 1. The summed E-state index contributed by atoms with van der Waals surface area (Å²) in [5, 5.41) is 24.9. The molecule has 0 fully saturated rings. The molecule has 172 valence electrons. The maximum atomic E-state index is 12.8. The van der Waals surface area contributed by atoms with E-state index >= 15 is 0 Å². The first-order valence-corrected chi connectivity index (χ1v) is 10.5. The molecule has 12 nitrogen and oxygen atoms in total. The molecular formula is C20H19N5O7S. The number of nitrogens with zero attached hydrogens (tertiary/aromatic N) is 4. The zero-order valence-electron chi connectivity index (χ0n) is 17.6. The minimum absolute atomic E-state index is 0.234. The number of aromatic nitrogens is 1. The fourth-order valence-electron chi connectivity index (χ4n) is 3.04. The lowest BCUT2D eigenvalue weighted by molar-refractivity contribution is -0.394. The molecule has 3 aromatic rings. The molecule has 0 saturated carbocycles. The van der Waals surface area contributed by atoms with Crippen LogP contribution in [0, 0.1) is 20.2 Å². The van der Waals surface area contributed by atoms with Crippen LogP contribution in [-0.2, 0) is 16.1 Å². The lowest BCUT2D eigenvalue weighted by atomic mass is 10.1. The smallest absolute Gasteiger partial charge is 0.280 e. The number of nitro benzene ring substituents is 2. The molecule has 0 bridgehead atoms. The van der Waals surface area contributed by atoms with Crippen molar-refractivity contribution < 1.29 is 24.2 Å². The van der Waals surface area contributed by atoms with Gasteiger partial charge in [0.25, 0.3) is 17.3 Å². The normalized spacial score (nSPS) is 11.5. The number of nitrogens with one attached hydrogen (secondary N) is 1. The summed E-state index contributed by atoms with van der Waals surface area (Å²) in [7, 11) is 0. The molecule has 33 heavy (non-hydrogen) atoms. The summed E-state index contributed by atoms with van der Waals surface area (Å²) in [6, 6.07) is 7.90. The second kappa shape index (κ2) is 10.1. The van der Waals surface area contributed by atoms with Crippen LogP contribution in [0.25, 0.3) is 10.2 Å². The van der Waals surface area contributed by atoms with Gasteiger partial charge in [-0.05, 0) is 25.1 Å². The lowest BCUT2D eigenvalue weighted by Crippen LogP contribution is -2.19. The maximum absolute atomic E-state index is 12.8. The molecule has 1 aromatic heterocycles. The van der Waals surface area contributed by atoms with Crippen LogP contribution in [0.5, 0.6) is 0 Å². The molecular weight excluding hydrogens is 454 g/mol. The number of non-ortho nitro benzene ring substituents is 2. The van der Waals surface area contributed by atoms with Gasteiger partial charge in [-0.15, -0.1) is 0 Å². The van der Waals surface area contributed by atoms with E-state index in [-0.39, 0.29) is 16.3 Å². The van der Waals surface area contributed by atoms with Crippen molar-refractivity contribution >= 4 is 50.4 Å². The summed E-state index contributed by atoms with van der Waals surface area (Å²) in [4.78, 5) is 49.2. The number of carbonyl (C=O) groups is 2. The van der Waals surface area contributed by atoms with E-state index in [1.807, 2.05) is 6.92 Å². The Labute approximate surface area is 190 Å². The predicted octanol–water partition coefficient (Wildman–Crippen LogP) is 3.26. The van der Waals surface area contributed by atoms with E-state index < -0.39 is 27.1 Å². The quantitative estimate of drug-likeness (QED) is 0.298. The molecule has 0 aliphatic rings. The van der Waals surface area contributed by atoms with E-state index in [9.17, 15) is 29.8 Å². The number of carbonyl (C=O) groups excluding carboxylic acids is 2. The molecule has 1 heterocycles. The molecule has 3 rings (SSSR count). The second-order valence-electron chi connectivity index (χ2n) is 6.77. The Hall–Kier alpha value is -3.97. The Morgan fingerprint density at radius 3 is 2.36 bits per heavy atom. The van der Waals surface area contributed by atoms with Crippen molar-refractivity contribution in [1.82, 2.24) is 4.57 Å². The highest BCUT2D eigenvalue weighted by Gasteiger charge is 2.20. The summed E-state index contributed by atoms with van der Waals surface area (Å²) in [5.41, 5.74) is -0.124. The van der Waals surface area contributed by atoms with Crippen LogP contribution in [0.3, 0.4) is 0 Å². The Bertz CT molecular complexity index is 1300. The van der Waals surface area contributed by atoms with Gasteiger partial charge in [0.1, 0.15) is 0 Å². The Balaban J connectivity index is 2.12. The summed E-state index contributed by atoms with van der Waals surface area (Å²) >= 11 is 1.17. The van der Waals surface area contributed by atoms with Gasteiger partial charge in [-0.1, -0.05) is 11.3 Å². The van der Waals surface area contributed by atoms with Gasteiger partial charge < -0.3 is 14.6 Å². The molecule has 0 atom stereocenters. The molecule has 0 radical (unpaired) electrons. The van der Waals surface area contributed by atoms with Gasteiger partial charge in [0.15, 0.2) is 4.80 Å². The molecule has 13 heteroatoms. The Morgan fingerprint density at radius 1 is 1.12 bits per heavy atom. The largest absolute Gasteiger partial charge is 0.380 e. The van der Waals surface area contributed by atoms with Crippen LogP contribution in [0.4, 0.5) is 17.1 Å². The molecule has 2 amide bonds. The maximum Gasteiger partial charge on any atom is 0.280 e. The number of amides is 2. The van der Waals surface area contributed by atoms with Gasteiger partial charge in [0.2, 0.25) is 5.91 Å². The molecule has 1 N–H and O–H groups in total. The zero-order valence-corrected chi connectivity index (χ0v) is 18.5.